The van der Waals surface area contributed by atoms with Crippen molar-refractivity contribution in [1.82, 2.24) is 15.5 Å². The van der Waals surface area contributed by atoms with Gasteiger partial charge in [-0.05, 0) is 69.2 Å². The Hall–Kier alpha value is -1.95. The Kier molecular flexibility index (Phi) is 7.64. The molecule has 3 rings (SSSR count). The lowest BCUT2D eigenvalue weighted by molar-refractivity contribution is 0.230. The quantitative estimate of drug-likeness (QED) is 0.621. The van der Waals surface area contributed by atoms with Crippen LogP contribution in [0, 0.1) is 11.8 Å². The van der Waals surface area contributed by atoms with Crippen molar-refractivity contribution in [1.29, 1.82) is 0 Å². The van der Waals surface area contributed by atoms with E-state index in [1.54, 1.807) is 0 Å². The second-order valence-corrected chi connectivity index (χ2v) is 8.53. The maximum atomic E-state index is 12.6. The van der Waals surface area contributed by atoms with E-state index in [1.165, 1.54) is 25.8 Å². The molecule has 2 N–H and O–H groups in total. The average Bonchev–Trinajstić information content (AvgIpc) is 3.44. The smallest absolute Gasteiger partial charge is 0.315 e. The standard InChI is InChI=1S/C23H37N3O3/c1-5-28-20-10-7-18(13-21(20)29-6-2)22(16(3)4)25-23(27)24-14-17-11-12-26(15-17)19-8-9-19/h7,10,13,16-17,19,22H,5-6,8-9,11-12,14-15H2,1-4H3,(H2,24,25,27). The van der Waals surface area contributed by atoms with Crippen LogP contribution in [0.15, 0.2) is 18.2 Å². The van der Waals surface area contributed by atoms with Crippen LogP contribution in [0.2, 0.25) is 0 Å². The molecule has 0 bridgehead atoms. The largest absolute Gasteiger partial charge is 0.490 e. The maximum absolute atomic E-state index is 12.6. The monoisotopic (exact) mass is 403 g/mol. The molecule has 162 valence electrons. The van der Waals surface area contributed by atoms with Crippen LogP contribution >= 0.6 is 0 Å². The van der Waals surface area contributed by atoms with E-state index >= 15 is 0 Å². The molecule has 2 atom stereocenters. The lowest BCUT2D eigenvalue weighted by atomic mass is 9.95. The zero-order valence-corrected chi connectivity index (χ0v) is 18.4. The summed E-state index contributed by atoms with van der Waals surface area (Å²) in [6.07, 6.45) is 3.88. The van der Waals surface area contributed by atoms with E-state index in [4.69, 9.17) is 9.47 Å². The number of nitrogens with one attached hydrogen (secondary N) is 2. The van der Waals surface area contributed by atoms with Crippen LogP contribution in [-0.2, 0) is 0 Å². The number of hydrogen-bond acceptors (Lipinski definition) is 4. The van der Waals surface area contributed by atoms with E-state index in [0.717, 1.165) is 36.2 Å². The molecule has 0 spiro atoms. The first-order valence-electron chi connectivity index (χ1n) is 11.2. The molecule has 6 nitrogen and oxygen atoms in total. The SMILES string of the molecule is CCOc1ccc(C(NC(=O)NCC2CCN(C3CC3)C2)C(C)C)cc1OCC. The summed E-state index contributed by atoms with van der Waals surface area (Å²) >= 11 is 0. The Morgan fingerprint density at radius 1 is 1.14 bits per heavy atom. The molecular formula is C23H37N3O3. The molecule has 1 aliphatic heterocycles. The molecule has 1 aromatic rings. The molecule has 2 amide bonds. The number of amides is 2. The van der Waals surface area contributed by atoms with Crippen LogP contribution in [0.1, 0.15) is 58.6 Å². The molecule has 2 aliphatic rings. The lowest BCUT2D eigenvalue weighted by Gasteiger charge is -2.25. The number of likely N-dealkylation sites (tertiary alicyclic amines) is 1. The molecule has 2 fully saturated rings. The second kappa shape index (κ2) is 10.2. The van der Waals surface area contributed by atoms with Crippen LogP contribution in [-0.4, -0.2) is 49.8 Å². The van der Waals surface area contributed by atoms with Crippen molar-refractivity contribution in [2.75, 3.05) is 32.8 Å². The predicted molar refractivity (Wildman–Crippen MR) is 116 cm³/mol. The minimum Gasteiger partial charge on any atom is -0.490 e. The molecule has 0 aromatic heterocycles. The van der Waals surface area contributed by atoms with Crippen LogP contribution in [0.25, 0.3) is 0 Å². The van der Waals surface area contributed by atoms with Gasteiger partial charge in [0.15, 0.2) is 11.5 Å². The fourth-order valence-corrected chi connectivity index (χ4v) is 4.13. The summed E-state index contributed by atoms with van der Waals surface area (Å²) in [4.78, 5) is 15.2. The third-order valence-electron chi connectivity index (χ3n) is 5.81. The van der Waals surface area contributed by atoms with Crippen LogP contribution in [0.4, 0.5) is 4.79 Å². The Balaban J connectivity index is 1.57. The highest BCUT2D eigenvalue weighted by atomic mass is 16.5. The number of benzene rings is 1. The molecule has 29 heavy (non-hydrogen) atoms. The fourth-order valence-electron chi connectivity index (χ4n) is 4.13. The first-order chi connectivity index (χ1) is 14.0. The molecule has 1 aromatic carbocycles. The molecule has 6 heteroatoms. The van der Waals surface area contributed by atoms with Crippen molar-refractivity contribution in [3.05, 3.63) is 23.8 Å². The molecule has 1 saturated heterocycles. The van der Waals surface area contributed by atoms with Gasteiger partial charge in [-0.1, -0.05) is 19.9 Å². The third kappa shape index (κ3) is 6.01. The molecule has 0 radical (unpaired) electrons. The van der Waals surface area contributed by atoms with Gasteiger partial charge in [-0.15, -0.1) is 0 Å². The summed E-state index contributed by atoms with van der Waals surface area (Å²) in [6, 6.07) is 6.58. The van der Waals surface area contributed by atoms with Gasteiger partial charge < -0.3 is 25.0 Å². The summed E-state index contributed by atoms with van der Waals surface area (Å²) in [6.45, 7) is 12.4. The van der Waals surface area contributed by atoms with Gasteiger partial charge in [0, 0.05) is 19.1 Å². The van der Waals surface area contributed by atoms with Gasteiger partial charge in [0.25, 0.3) is 0 Å². The normalized spacial score (nSPS) is 20.5. The first-order valence-corrected chi connectivity index (χ1v) is 11.2. The number of ether oxygens (including phenoxy) is 2. The summed E-state index contributed by atoms with van der Waals surface area (Å²) in [5.74, 6) is 2.29. The Morgan fingerprint density at radius 3 is 2.52 bits per heavy atom. The van der Waals surface area contributed by atoms with Gasteiger partial charge in [-0.2, -0.15) is 0 Å². The number of carbonyl (C=O) groups is 1. The van der Waals surface area contributed by atoms with E-state index in [2.05, 4.69) is 29.4 Å². The molecular weight excluding hydrogens is 366 g/mol. The van der Waals surface area contributed by atoms with Gasteiger partial charge in [0.05, 0.1) is 19.3 Å². The van der Waals surface area contributed by atoms with E-state index in [9.17, 15) is 4.79 Å². The Bertz CT molecular complexity index is 675. The zero-order valence-electron chi connectivity index (χ0n) is 18.4. The minimum absolute atomic E-state index is 0.0866. The number of hydrogen-bond donors (Lipinski definition) is 2. The second-order valence-electron chi connectivity index (χ2n) is 8.53. The highest BCUT2D eigenvalue weighted by Crippen LogP contribution is 2.33. The van der Waals surface area contributed by atoms with Crippen LogP contribution in [0.5, 0.6) is 11.5 Å². The van der Waals surface area contributed by atoms with Crippen LogP contribution in [0.3, 0.4) is 0 Å². The van der Waals surface area contributed by atoms with Crippen LogP contribution < -0.4 is 20.1 Å². The number of carbonyl (C=O) groups excluding carboxylic acids is 1. The van der Waals surface area contributed by atoms with E-state index in [-0.39, 0.29) is 18.0 Å². The molecule has 1 aliphatic carbocycles. The first kappa shape index (κ1) is 21.8. The summed E-state index contributed by atoms with van der Waals surface area (Å²) in [5.41, 5.74) is 1.03. The molecule has 2 unspecified atom stereocenters. The van der Waals surface area contributed by atoms with Gasteiger partial charge >= 0.3 is 6.03 Å². The average molecular weight is 404 g/mol. The zero-order chi connectivity index (χ0) is 20.8. The van der Waals surface area contributed by atoms with Crippen molar-refractivity contribution in [3.63, 3.8) is 0 Å². The summed E-state index contributed by atoms with van der Waals surface area (Å²) in [5, 5.41) is 6.26. The van der Waals surface area contributed by atoms with Crippen molar-refractivity contribution >= 4 is 6.03 Å². The molecule has 1 heterocycles. The van der Waals surface area contributed by atoms with Gasteiger partial charge in [-0.25, -0.2) is 4.79 Å². The Morgan fingerprint density at radius 2 is 1.86 bits per heavy atom. The molecule has 1 saturated carbocycles. The predicted octanol–water partition coefficient (Wildman–Crippen LogP) is 3.96. The fraction of sp³-hybridized carbons (Fsp3) is 0.696. The van der Waals surface area contributed by atoms with Gasteiger partial charge in [0.2, 0.25) is 0 Å². The third-order valence-corrected chi connectivity index (χ3v) is 5.81. The van der Waals surface area contributed by atoms with E-state index < -0.39 is 0 Å². The Labute approximate surface area is 175 Å². The van der Waals surface area contributed by atoms with Crippen molar-refractivity contribution in [3.8, 4) is 11.5 Å². The topological polar surface area (TPSA) is 62.8 Å². The lowest BCUT2D eigenvalue weighted by Crippen LogP contribution is -2.42. The number of nitrogens with zero attached hydrogens (tertiary/aromatic N) is 1. The highest BCUT2D eigenvalue weighted by molar-refractivity contribution is 5.74. The minimum atomic E-state index is -0.0968. The van der Waals surface area contributed by atoms with Crippen molar-refractivity contribution in [2.45, 2.75) is 59.0 Å². The number of urea groups is 1. The van der Waals surface area contributed by atoms with Crippen molar-refractivity contribution < 1.29 is 14.3 Å². The van der Waals surface area contributed by atoms with E-state index in [0.29, 0.717) is 19.1 Å². The maximum Gasteiger partial charge on any atom is 0.315 e. The summed E-state index contributed by atoms with van der Waals surface area (Å²) < 4.78 is 11.4. The van der Waals surface area contributed by atoms with Crippen molar-refractivity contribution in [2.24, 2.45) is 11.8 Å². The van der Waals surface area contributed by atoms with E-state index in [1.807, 2.05) is 32.0 Å². The summed E-state index contributed by atoms with van der Waals surface area (Å²) in [7, 11) is 0. The van der Waals surface area contributed by atoms with Gasteiger partial charge in [-0.3, -0.25) is 0 Å². The number of rotatable bonds is 10. The van der Waals surface area contributed by atoms with Gasteiger partial charge in [0.1, 0.15) is 0 Å². The highest BCUT2D eigenvalue weighted by Gasteiger charge is 2.34.